The van der Waals surface area contributed by atoms with E-state index >= 15 is 0 Å². The van der Waals surface area contributed by atoms with Crippen LogP contribution in [0.25, 0.3) is 0 Å². The average Bonchev–Trinajstić information content (AvgIpc) is 2.39. The molecule has 0 amide bonds. The van der Waals surface area contributed by atoms with E-state index in [9.17, 15) is 5.11 Å². The minimum Gasteiger partial charge on any atom is -0.390 e. The van der Waals surface area contributed by atoms with Gasteiger partial charge in [0.05, 0.1) is 5.60 Å². The smallest absolute Gasteiger partial charge is 0.0681 e. The molecule has 10 heavy (non-hydrogen) atoms. The van der Waals surface area contributed by atoms with E-state index in [0.29, 0.717) is 0 Å². The van der Waals surface area contributed by atoms with E-state index in [1.165, 1.54) is 19.3 Å². The van der Waals surface area contributed by atoms with E-state index < -0.39 is 0 Å². The number of rotatable bonds is 0. The lowest BCUT2D eigenvalue weighted by Gasteiger charge is -2.27. The zero-order valence-electron chi connectivity index (χ0n) is 6.21. The lowest BCUT2D eigenvalue weighted by atomic mass is 9.85. The molecular formula is C9H14O. The fourth-order valence-corrected chi connectivity index (χ4v) is 3.76. The summed E-state index contributed by atoms with van der Waals surface area (Å²) < 4.78 is 0. The van der Waals surface area contributed by atoms with Gasteiger partial charge in [-0.3, -0.25) is 0 Å². The van der Waals surface area contributed by atoms with E-state index in [2.05, 4.69) is 0 Å². The third-order valence-corrected chi connectivity index (χ3v) is 4.07. The van der Waals surface area contributed by atoms with Crippen molar-refractivity contribution in [3.8, 4) is 0 Å². The maximum Gasteiger partial charge on any atom is 0.0681 e. The molecule has 0 spiro atoms. The summed E-state index contributed by atoms with van der Waals surface area (Å²) >= 11 is 0. The quantitative estimate of drug-likeness (QED) is 0.538. The highest BCUT2D eigenvalue weighted by atomic mass is 16.3. The van der Waals surface area contributed by atoms with Crippen molar-refractivity contribution in [3.63, 3.8) is 0 Å². The van der Waals surface area contributed by atoms with Gasteiger partial charge in [-0.1, -0.05) is 0 Å². The van der Waals surface area contributed by atoms with Crippen LogP contribution in [0.15, 0.2) is 0 Å². The lowest BCUT2D eigenvalue weighted by Crippen LogP contribution is -2.31. The number of aliphatic hydroxyl groups is 1. The van der Waals surface area contributed by atoms with Gasteiger partial charge in [-0.15, -0.1) is 0 Å². The second-order valence-electron chi connectivity index (χ2n) is 4.55. The third kappa shape index (κ3) is 0.460. The Labute approximate surface area is 61.4 Å². The summed E-state index contributed by atoms with van der Waals surface area (Å²) in [5.41, 5.74) is -0.173. The number of hydrogen-bond acceptors (Lipinski definition) is 1. The first-order valence-corrected chi connectivity index (χ1v) is 4.50. The van der Waals surface area contributed by atoms with Crippen molar-refractivity contribution in [2.24, 2.45) is 17.8 Å². The molecule has 56 valence electrons. The van der Waals surface area contributed by atoms with Crippen LogP contribution in [0.1, 0.15) is 32.1 Å². The maximum atomic E-state index is 10.0. The second-order valence-corrected chi connectivity index (χ2v) is 4.55. The zero-order chi connectivity index (χ0) is 6.77. The van der Waals surface area contributed by atoms with Gasteiger partial charge in [-0.25, -0.2) is 0 Å². The Morgan fingerprint density at radius 3 is 2.80 bits per heavy atom. The number of hydrogen-bond donors (Lipinski definition) is 1. The molecule has 3 aliphatic rings. The Hall–Kier alpha value is -0.0400. The van der Waals surface area contributed by atoms with Crippen LogP contribution in [0.3, 0.4) is 0 Å². The van der Waals surface area contributed by atoms with Crippen molar-refractivity contribution in [3.05, 3.63) is 0 Å². The SMILES string of the molecule is O[C@]12CC[C@H]3C[C@@H](C[C@H]31)C2. The number of fused-ring (bicyclic) bond motifs is 1. The van der Waals surface area contributed by atoms with Gasteiger partial charge >= 0.3 is 0 Å². The van der Waals surface area contributed by atoms with Crippen molar-refractivity contribution in [2.45, 2.75) is 37.7 Å². The summed E-state index contributed by atoms with van der Waals surface area (Å²) in [4.78, 5) is 0. The molecule has 3 aliphatic carbocycles. The van der Waals surface area contributed by atoms with E-state index in [1.807, 2.05) is 0 Å². The molecule has 1 heteroatoms. The van der Waals surface area contributed by atoms with Crippen LogP contribution >= 0.6 is 0 Å². The van der Waals surface area contributed by atoms with Gasteiger partial charge in [-0.05, 0) is 49.9 Å². The van der Waals surface area contributed by atoms with Crippen molar-refractivity contribution in [1.82, 2.24) is 0 Å². The predicted octanol–water partition coefficient (Wildman–Crippen LogP) is 1.56. The molecule has 4 atom stereocenters. The minimum atomic E-state index is -0.173. The predicted molar refractivity (Wildman–Crippen MR) is 38.5 cm³/mol. The van der Waals surface area contributed by atoms with Crippen LogP contribution in [0.5, 0.6) is 0 Å². The first kappa shape index (κ1) is 5.59. The highest BCUT2D eigenvalue weighted by Crippen LogP contribution is 2.61. The summed E-state index contributed by atoms with van der Waals surface area (Å²) in [6, 6.07) is 0. The molecule has 0 aromatic rings. The van der Waals surface area contributed by atoms with Gasteiger partial charge in [0.25, 0.3) is 0 Å². The fourth-order valence-electron chi connectivity index (χ4n) is 3.76. The lowest BCUT2D eigenvalue weighted by molar-refractivity contribution is 0.00248. The van der Waals surface area contributed by atoms with Crippen LogP contribution in [-0.2, 0) is 0 Å². The van der Waals surface area contributed by atoms with Gasteiger partial charge in [0, 0.05) is 0 Å². The molecule has 3 fully saturated rings. The molecule has 0 aromatic heterocycles. The topological polar surface area (TPSA) is 20.2 Å². The van der Waals surface area contributed by atoms with Crippen molar-refractivity contribution >= 4 is 0 Å². The highest BCUT2D eigenvalue weighted by Gasteiger charge is 2.58. The highest BCUT2D eigenvalue weighted by molar-refractivity contribution is 5.09. The normalized spacial score (nSPS) is 63.9. The standard InChI is InChI=1S/C9H14O/c10-9-2-1-7-3-6(5-9)4-8(7)9/h6-8,10H,1-5H2/t6-,7-,8+,9-/m0/s1. The molecule has 0 radical (unpaired) electrons. The summed E-state index contributed by atoms with van der Waals surface area (Å²) in [6.07, 6.45) is 6.35. The second kappa shape index (κ2) is 1.42. The molecule has 2 bridgehead atoms. The molecule has 0 aliphatic heterocycles. The summed E-state index contributed by atoms with van der Waals surface area (Å²) in [5.74, 6) is 2.55. The maximum absolute atomic E-state index is 10.0. The Bertz CT molecular complexity index is 178. The van der Waals surface area contributed by atoms with Crippen molar-refractivity contribution < 1.29 is 5.11 Å². The van der Waals surface area contributed by atoms with E-state index in [1.54, 1.807) is 0 Å². The van der Waals surface area contributed by atoms with Crippen LogP contribution in [0, 0.1) is 17.8 Å². The minimum absolute atomic E-state index is 0.173. The summed E-state index contributed by atoms with van der Waals surface area (Å²) in [5, 5.41) is 10.0. The van der Waals surface area contributed by atoms with Crippen LogP contribution < -0.4 is 0 Å². The average molecular weight is 138 g/mol. The Morgan fingerprint density at radius 2 is 2.20 bits per heavy atom. The van der Waals surface area contributed by atoms with Crippen LogP contribution in [0.2, 0.25) is 0 Å². The largest absolute Gasteiger partial charge is 0.390 e. The monoisotopic (exact) mass is 138 g/mol. The molecule has 1 N–H and O–H groups in total. The fraction of sp³-hybridized carbons (Fsp3) is 1.00. The summed E-state index contributed by atoms with van der Waals surface area (Å²) in [7, 11) is 0. The van der Waals surface area contributed by atoms with Gasteiger partial charge in [0.15, 0.2) is 0 Å². The van der Waals surface area contributed by atoms with Gasteiger partial charge in [0.2, 0.25) is 0 Å². The Kier molecular flexibility index (Phi) is 0.797. The molecule has 0 unspecified atom stereocenters. The molecule has 3 saturated carbocycles. The Morgan fingerprint density at radius 1 is 1.30 bits per heavy atom. The van der Waals surface area contributed by atoms with E-state index in [-0.39, 0.29) is 5.60 Å². The Balaban J connectivity index is 2.05. The third-order valence-electron chi connectivity index (χ3n) is 4.07. The van der Waals surface area contributed by atoms with Crippen molar-refractivity contribution in [2.75, 3.05) is 0 Å². The summed E-state index contributed by atoms with van der Waals surface area (Å²) in [6.45, 7) is 0. The van der Waals surface area contributed by atoms with E-state index in [4.69, 9.17) is 0 Å². The van der Waals surface area contributed by atoms with Gasteiger partial charge < -0.3 is 5.11 Å². The van der Waals surface area contributed by atoms with Gasteiger partial charge in [0.1, 0.15) is 0 Å². The van der Waals surface area contributed by atoms with Gasteiger partial charge in [-0.2, -0.15) is 0 Å². The van der Waals surface area contributed by atoms with E-state index in [0.717, 1.165) is 30.6 Å². The first-order valence-electron chi connectivity index (χ1n) is 4.50. The van der Waals surface area contributed by atoms with Crippen LogP contribution in [-0.4, -0.2) is 10.7 Å². The molecule has 0 aromatic carbocycles. The molecular weight excluding hydrogens is 124 g/mol. The molecule has 0 heterocycles. The zero-order valence-corrected chi connectivity index (χ0v) is 6.21. The molecule has 1 nitrogen and oxygen atoms in total. The van der Waals surface area contributed by atoms with Crippen molar-refractivity contribution in [1.29, 1.82) is 0 Å². The molecule has 3 rings (SSSR count). The first-order chi connectivity index (χ1) is 4.78. The van der Waals surface area contributed by atoms with Crippen LogP contribution in [0.4, 0.5) is 0 Å². The molecule has 0 saturated heterocycles.